The lowest BCUT2D eigenvalue weighted by Crippen LogP contribution is -2.45. The zero-order chi connectivity index (χ0) is 14.3. The molecule has 3 saturated carbocycles. The predicted molar refractivity (Wildman–Crippen MR) is 75.0 cm³/mol. The molecule has 0 heterocycles. The summed E-state index contributed by atoms with van der Waals surface area (Å²) in [6, 6.07) is 0. The van der Waals surface area contributed by atoms with Crippen molar-refractivity contribution in [3.63, 3.8) is 0 Å². The first kappa shape index (κ1) is 13.9. The van der Waals surface area contributed by atoms with Crippen molar-refractivity contribution in [3.05, 3.63) is 0 Å². The normalized spacial score (nSPS) is 42.9. The summed E-state index contributed by atoms with van der Waals surface area (Å²) in [7, 11) is 0. The molecule has 4 nitrogen and oxygen atoms in total. The Morgan fingerprint density at radius 1 is 1.15 bits per heavy atom. The third kappa shape index (κ3) is 2.33. The first-order valence-corrected chi connectivity index (χ1v) is 8.05. The SMILES string of the molecule is CC1CCC(CNC(=O)C2C3CCCC32)(C(=O)O)CC1. The molecular weight excluding hydrogens is 254 g/mol. The van der Waals surface area contributed by atoms with Crippen LogP contribution in [0.2, 0.25) is 0 Å². The molecule has 3 rings (SSSR count). The molecule has 0 aliphatic heterocycles. The molecule has 3 fully saturated rings. The maximum atomic E-state index is 12.2. The zero-order valence-electron chi connectivity index (χ0n) is 12.2. The molecule has 2 unspecified atom stereocenters. The number of fused-ring (bicyclic) bond motifs is 1. The van der Waals surface area contributed by atoms with Gasteiger partial charge < -0.3 is 10.4 Å². The van der Waals surface area contributed by atoms with Crippen molar-refractivity contribution in [1.82, 2.24) is 5.32 Å². The van der Waals surface area contributed by atoms with E-state index in [0.717, 1.165) is 12.8 Å². The first-order valence-electron chi connectivity index (χ1n) is 8.05. The third-order valence-corrected chi connectivity index (χ3v) is 6.00. The molecule has 0 spiro atoms. The summed E-state index contributed by atoms with van der Waals surface area (Å²) < 4.78 is 0. The van der Waals surface area contributed by atoms with Crippen LogP contribution < -0.4 is 5.32 Å². The maximum Gasteiger partial charge on any atom is 0.311 e. The van der Waals surface area contributed by atoms with E-state index in [1.54, 1.807) is 0 Å². The number of aliphatic carboxylic acids is 1. The van der Waals surface area contributed by atoms with Gasteiger partial charge >= 0.3 is 5.97 Å². The Labute approximate surface area is 120 Å². The van der Waals surface area contributed by atoms with Crippen molar-refractivity contribution < 1.29 is 14.7 Å². The largest absolute Gasteiger partial charge is 0.481 e. The lowest BCUT2D eigenvalue weighted by Gasteiger charge is -2.35. The fourth-order valence-corrected chi connectivity index (χ4v) is 4.37. The van der Waals surface area contributed by atoms with E-state index in [1.807, 2.05) is 0 Å². The second-order valence-electron chi connectivity index (χ2n) is 7.27. The molecular formula is C16H25NO3. The van der Waals surface area contributed by atoms with E-state index < -0.39 is 11.4 Å². The van der Waals surface area contributed by atoms with E-state index in [-0.39, 0.29) is 11.8 Å². The lowest BCUT2D eigenvalue weighted by atomic mass is 9.71. The topological polar surface area (TPSA) is 66.4 Å². The van der Waals surface area contributed by atoms with Gasteiger partial charge in [0.2, 0.25) is 5.91 Å². The number of carbonyl (C=O) groups is 2. The fourth-order valence-electron chi connectivity index (χ4n) is 4.37. The van der Waals surface area contributed by atoms with Crippen molar-refractivity contribution in [1.29, 1.82) is 0 Å². The quantitative estimate of drug-likeness (QED) is 0.830. The summed E-state index contributed by atoms with van der Waals surface area (Å²) in [6.07, 6.45) is 6.93. The fraction of sp³-hybridized carbons (Fsp3) is 0.875. The Morgan fingerprint density at radius 3 is 2.30 bits per heavy atom. The monoisotopic (exact) mass is 279 g/mol. The van der Waals surface area contributed by atoms with Gasteiger partial charge in [-0.3, -0.25) is 9.59 Å². The van der Waals surface area contributed by atoms with E-state index in [9.17, 15) is 14.7 Å². The number of carboxylic acids is 1. The molecule has 1 amide bonds. The highest BCUT2D eigenvalue weighted by Gasteiger charge is 2.56. The van der Waals surface area contributed by atoms with Crippen LogP contribution in [0.3, 0.4) is 0 Å². The maximum absolute atomic E-state index is 12.2. The molecule has 2 N–H and O–H groups in total. The van der Waals surface area contributed by atoms with Crippen LogP contribution in [0.15, 0.2) is 0 Å². The third-order valence-electron chi connectivity index (χ3n) is 6.00. The van der Waals surface area contributed by atoms with E-state index >= 15 is 0 Å². The van der Waals surface area contributed by atoms with Crippen molar-refractivity contribution in [2.45, 2.75) is 51.9 Å². The van der Waals surface area contributed by atoms with E-state index in [0.29, 0.717) is 37.1 Å². The van der Waals surface area contributed by atoms with Crippen molar-refractivity contribution >= 4 is 11.9 Å². The minimum atomic E-state index is -0.735. The average molecular weight is 279 g/mol. The number of rotatable bonds is 4. The predicted octanol–water partition coefficient (Wildman–Crippen LogP) is 2.43. The highest BCUT2D eigenvalue weighted by molar-refractivity contribution is 5.83. The van der Waals surface area contributed by atoms with E-state index in [1.165, 1.54) is 19.3 Å². The summed E-state index contributed by atoms with van der Waals surface area (Å²) in [4.78, 5) is 23.8. The summed E-state index contributed by atoms with van der Waals surface area (Å²) in [5, 5.41) is 12.5. The van der Waals surface area contributed by atoms with Crippen LogP contribution in [0, 0.1) is 29.1 Å². The summed E-state index contributed by atoms with van der Waals surface area (Å²) in [6.45, 7) is 2.50. The number of hydrogen-bond donors (Lipinski definition) is 2. The molecule has 2 atom stereocenters. The molecule has 0 saturated heterocycles. The summed E-state index contributed by atoms with van der Waals surface area (Å²) in [5.74, 6) is 1.38. The van der Waals surface area contributed by atoms with Gasteiger partial charge in [0.15, 0.2) is 0 Å². The minimum Gasteiger partial charge on any atom is -0.481 e. The number of hydrogen-bond acceptors (Lipinski definition) is 2. The van der Waals surface area contributed by atoms with E-state index in [4.69, 9.17) is 0 Å². The molecule has 0 aromatic rings. The number of carboxylic acid groups (broad SMARTS) is 1. The van der Waals surface area contributed by atoms with Gasteiger partial charge in [0.05, 0.1) is 5.41 Å². The van der Waals surface area contributed by atoms with Gasteiger partial charge in [0.1, 0.15) is 0 Å². The molecule has 4 heteroatoms. The van der Waals surface area contributed by atoms with Crippen LogP contribution in [0.25, 0.3) is 0 Å². The molecule has 3 aliphatic carbocycles. The highest BCUT2D eigenvalue weighted by atomic mass is 16.4. The second-order valence-corrected chi connectivity index (χ2v) is 7.27. The van der Waals surface area contributed by atoms with Crippen LogP contribution in [0.1, 0.15) is 51.9 Å². The Kier molecular flexibility index (Phi) is 3.51. The minimum absolute atomic E-state index is 0.110. The standard InChI is InChI=1S/C16H25NO3/c1-10-5-7-16(8-6-10,15(19)20)9-17-14(18)13-11-3-2-4-12(11)13/h10-13H,2-9H2,1H3,(H,17,18)(H,19,20). The molecule has 112 valence electrons. The van der Waals surface area contributed by atoms with Gasteiger partial charge in [0.25, 0.3) is 0 Å². The molecule has 20 heavy (non-hydrogen) atoms. The highest BCUT2D eigenvalue weighted by Crippen LogP contribution is 2.57. The van der Waals surface area contributed by atoms with Crippen LogP contribution in [0.5, 0.6) is 0 Å². The van der Waals surface area contributed by atoms with Gasteiger partial charge in [-0.05, 0) is 56.3 Å². The Balaban J connectivity index is 1.55. The average Bonchev–Trinajstić information content (AvgIpc) is 2.91. The van der Waals surface area contributed by atoms with Crippen LogP contribution in [0.4, 0.5) is 0 Å². The smallest absolute Gasteiger partial charge is 0.311 e. The van der Waals surface area contributed by atoms with Crippen molar-refractivity contribution in [2.75, 3.05) is 6.54 Å². The first-order chi connectivity index (χ1) is 9.53. The van der Waals surface area contributed by atoms with Gasteiger partial charge in [-0.2, -0.15) is 0 Å². The zero-order valence-corrected chi connectivity index (χ0v) is 12.2. The number of carbonyl (C=O) groups excluding carboxylic acids is 1. The van der Waals surface area contributed by atoms with E-state index in [2.05, 4.69) is 12.2 Å². The molecule has 3 aliphatic rings. The van der Waals surface area contributed by atoms with Crippen molar-refractivity contribution in [2.24, 2.45) is 29.1 Å². The summed E-state index contributed by atoms with van der Waals surface area (Å²) in [5.41, 5.74) is -0.716. The van der Waals surface area contributed by atoms with Crippen molar-refractivity contribution in [3.8, 4) is 0 Å². The van der Waals surface area contributed by atoms with Gasteiger partial charge in [-0.25, -0.2) is 0 Å². The number of amides is 1. The van der Waals surface area contributed by atoms with Gasteiger partial charge in [-0.1, -0.05) is 13.3 Å². The van der Waals surface area contributed by atoms with Crippen LogP contribution >= 0.6 is 0 Å². The van der Waals surface area contributed by atoms with Gasteiger partial charge in [-0.15, -0.1) is 0 Å². The Bertz CT molecular complexity index is 402. The van der Waals surface area contributed by atoms with Crippen LogP contribution in [-0.2, 0) is 9.59 Å². The Hall–Kier alpha value is -1.06. The molecule has 0 aromatic heterocycles. The van der Waals surface area contributed by atoms with Gasteiger partial charge in [0, 0.05) is 12.5 Å². The molecule has 0 aromatic carbocycles. The number of nitrogens with one attached hydrogen (secondary N) is 1. The molecule has 0 bridgehead atoms. The summed E-state index contributed by atoms with van der Waals surface area (Å²) >= 11 is 0. The van der Waals surface area contributed by atoms with Crippen LogP contribution in [-0.4, -0.2) is 23.5 Å². The lowest BCUT2D eigenvalue weighted by molar-refractivity contribution is -0.151. The second kappa shape index (κ2) is 5.05. The Morgan fingerprint density at radius 2 is 1.75 bits per heavy atom. The molecule has 0 radical (unpaired) electrons.